The van der Waals surface area contributed by atoms with Crippen LogP contribution in [0.2, 0.25) is 5.02 Å². The summed E-state index contributed by atoms with van der Waals surface area (Å²) in [6, 6.07) is 8.97. The first kappa shape index (κ1) is 16.1. The molecule has 2 heterocycles. The number of aromatic nitrogens is 3. The maximum atomic E-state index is 6.14. The van der Waals surface area contributed by atoms with E-state index in [1.165, 1.54) is 0 Å². The number of nitrogens with zero attached hydrogens (tertiary/aromatic N) is 3. The van der Waals surface area contributed by atoms with Crippen LogP contribution < -0.4 is 15.4 Å². The van der Waals surface area contributed by atoms with Gasteiger partial charge in [-0.25, -0.2) is 9.97 Å². The lowest BCUT2D eigenvalue weighted by atomic mass is 10.3. The highest BCUT2D eigenvalue weighted by Gasteiger charge is 2.07. The van der Waals surface area contributed by atoms with Crippen LogP contribution in [0.1, 0.15) is 11.6 Å². The predicted molar refractivity (Wildman–Crippen MR) is 92.6 cm³/mol. The molecule has 0 aliphatic heterocycles. The van der Waals surface area contributed by atoms with Crippen molar-refractivity contribution in [1.29, 1.82) is 0 Å². The Morgan fingerprint density at radius 3 is 2.38 bits per heavy atom. The Labute approximate surface area is 144 Å². The Kier molecular flexibility index (Phi) is 4.52. The highest BCUT2D eigenvalue weighted by Crippen LogP contribution is 2.29. The zero-order valence-corrected chi connectivity index (χ0v) is 14.2. The van der Waals surface area contributed by atoms with E-state index in [0.717, 1.165) is 11.4 Å². The summed E-state index contributed by atoms with van der Waals surface area (Å²) in [7, 11) is 1.58. The molecule has 2 N–H and O–H groups in total. The number of rotatable bonds is 5. The molecule has 0 amide bonds. The lowest BCUT2D eigenvalue weighted by Crippen LogP contribution is -2.01. The van der Waals surface area contributed by atoms with E-state index >= 15 is 0 Å². The van der Waals surface area contributed by atoms with Crippen LogP contribution in [0.15, 0.2) is 34.9 Å². The summed E-state index contributed by atoms with van der Waals surface area (Å²) in [4.78, 5) is 8.70. The van der Waals surface area contributed by atoms with Crippen LogP contribution in [-0.2, 0) is 0 Å². The number of aryl methyl sites for hydroxylation is 2. The summed E-state index contributed by atoms with van der Waals surface area (Å²) in [6.45, 7) is 3.63. The lowest BCUT2D eigenvalue weighted by molar-refractivity contribution is 0.400. The standard InChI is InChI=1S/C16H16ClN5O2/c1-9-6-16(22-24-9)21-15-8-14(18-10(2)19-15)20-11-4-5-13(23-3)12(17)7-11/h4-8H,1-3H3,(H2,18,19,20,21,22). The highest BCUT2D eigenvalue weighted by atomic mass is 35.5. The first-order chi connectivity index (χ1) is 11.5. The van der Waals surface area contributed by atoms with Crippen LogP contribution in [0.5, 0.6) is 5.75 Å². The Balaban J connectivity index is 1.82. The number of nitrogens with one attached hydrogen (secondary N) is 2. The minimum Gasteiger partial charge on any atom is -0.495 e. The quantitative estimate of drug-likeness (QED) is 0.715. The molecule has 3 aromatic rings. The molecule has 3 rings (SSSR count). The number of hydrogen-bond acceptors (Lipinski definition) is 7. The second kappa shape index (κ2) is 6.76. The first-order valence-electron chi connectivity index (χ1n) is 7.20. The molecule has 0 saturated carbocycles. The molecular formula is C16H16ClN5O2. The average Bonchev–Trinajstić information content (AvgIpc) is 2.92. The summed E-state index contributed by atoms with van der Waals surface area (Å²) in [5.41, 5.74) is 0.794. The molecule has 0 aliphatic carbocycles. The number of anilines is 4. The fourth-order valence-corrected chi connectivity index (χ4v) is 2.40. The van der Waals surface area contributed by atoms with E-state index in [1.54, 1.807) is 31.4 Å². The van der Waals surface area contributed by atoms with Gasteiger partial charge in [-0.15, -0.1) is 0 Å². The SMILES string of the molecule is COc1ccc(Nc2cc(Nc3cc(C)on3)nc(C)n2)cc1Cl. The number of benzene rings is 1. The molecule has 0 fully saturated rings. The van der Waals surface area contributed by atoms with Gasteiger partial charge in [0, 0.05) is 17.8 Å². The van der Waals surface area contributed by atoms with Crippen molar-refractivity contribution in [3.8, 4) is 5.75 Å². The van der Waals surface area contributed by atoms with E-state index in [9.17, 15) is 0 Å². The maximum absolute atomic E-state index is 6.14. The summed E-state index contributed by atoms with van der Waals surface area (Å²) in [5.74, 6) is 3.77. The van der Waals surface area contributed by atoms with E-state index in [-0.39, 0.29) is 0 Å². The van der Waals surface area contributed by atoms with Gasteiger partial charge in [0.2, 0.25) is 0 Å². The summed E-state index contributed by atoms with van der Waals surface area (Å²) in [6.07, 6.45) is 0. The molecule has 0 radical (unpaired) electrons. The van der Waals surface area contributed by atoms with Gasteiger partial charge in [-0.1, -0.05) is 16.8 Å². The van der Waals surface area contributed by atoms with E-state index in [1.807, 2.05) is 19.9 Å². The Hall–Kier alpha value is -2.80. The largest absolute Gasteiger partial charge is 0.495 e. The Bertz CT molecular complexity index is 865. The molecule has 0 spiro atoms. The molecule has 0 saturated heterocycles. The number of hydrogen-bond donors (Lipinski definition) is 2. The fraction of sp³-hybridized carbons (Fsp3) is 0.188. The predicted octanol–water partition coefficient (Wildman–Crippen LogP) is 4.23. The van der Waals surface area contributed by atoms with Crippen molar-refractivity contribution in [3.63, 3.8) is 0 Å². The molecule has 1 aromatic carbocycles. The van der Waals surface area contributed by atoms with Crippen molar-refractivity contribution in [3.05, 3.63) is 46.9 Å². The zero-order chi connectivity index (χ0) is 17.1. The average molecular weight is 346 g/mol. The van der Waals surface area contributed by atoms with Crippen LogP contribution in [-0.4, -0.2) is 22.2 Å². The monoisotopic (exact) mass is 345 g/mol. The zero-order valence-electron chi connectivity index (χ0n) is 13.4. The first-order valence-corrected chi connectivity index (χ1v) is 7.58. The van der Waals surface area contributed by atoms with Crippen LogP contribution >= 0.6 is 11.6 Å². The van der Waals surface area contributed by atoms with Crippen LogP contribution in [0, 0.1) is 13.8 Å². The van der Waals surface area contributed by atoms with Crippen molar-refractivity contribution in [2.24, 2.45) is 0 Å². The van der Waals surface area contributed by atoms with Gasteiger partial charge in [0.05, 0.1) is 12.1 Å². The van der Waals surface area contributed by atoms with Crippen LogP contribution in [0.3, 0.4) is 0 Å². The highest BCUT2D eigenvalue weighted by molar-refractivity contribution is 6.32. The summed E-state index contributed by atoms with van der Waals surface area (Å²) >= 11 is 6.14. The number of ether oxygens (including phenoxy) is 1. The van der Waals surface area contributed by atoms with E-state index < -0.39 is 0 Å². The summed E-state index contributed by atoms with van der Waals surface area (Å²) < 4.78 is 10.2. The Morgan fingerprint density at radius 2 is 1.75 bits per heavy atom. The Morgan fingerprint density at radius 1 is 1.00 bits per heavy atom. The van der Waals surface area contributed by atoms with Gasteiger partial charge in [-0.2, -0.15) is 0 Å². The summed E-state index contributed by atoms with van der Waals surface area (Å²) in [5, 5.41) is 10.7. The molecule has 24 heavy (non-hydrogen) atoms. The van der Waals surface area contributed by atoms with E-state index in [0.29, 0.717) is 34.1 Å². The fourth-order valence-electron chi connectivity index (χ4n) is 2.14. The van der Waals surface area contributed by atoms with Crippen LogP contribution in [0.4, 0.5) is 23.1 Å². The molecule has 2 aromatic heterocycles. The third-order valence-electron chi connectivity index (χ3n) is 3.15. The normalized spacial score (nSPS) is 10.5. The molecule has 0 aliphatic rings. The van der Waals surface area contributed by atoms with Gasteiger partial charge in [-0.05, 0) is 32.0 Å². The van der Waals surface area contributed by atoms with E-state index in [4.69, 9.17) is 20.9 Å². The third kappa shape index (κ3) is 3.75. The van der Waals surface area contributed by atoms with Crippen LogP contribution in [0.25, 0.3) is 0 Å². The molecular weight excluding hydrogens is 330 g/mol. The van der Waals surface area contributed by atoms with Crippen molar-refractivity contribution in [2.75, 3.05) is 17.7 Å². The third-order valence-corrected chi connectivity index (χ3v) is 3.44. The topological polar surface area (TPSA) is 85.1 Å². The van der Waals surface area contributed by atoms with Gasteiger partial charge in [0.15, 0.2) is 5.82 Å². The van der Waals surface area contributed by atoms with Gasteiger partial charge in [-0.3, -0.25) is 0 Å². The van der Waals surface area contributed by atoms with Gasteiger partial charge < -0.3 is 19.9 Å². The molecule has 7 nitrogen and oxygen atoms in total. The molecule has 0 unspecified atom stereocenters. The molecule has 8 heteroatoms. The molecule has 124 valence electrons. The van der Waals surface area contributed by atoms with Crippen molar-refractivity contribution >= 4 is 34.7 Å². The molecule has 0 atom stereocenters. The minimum absolute atomic E-state index is 0.518. The van der Waals surface area contributed by atoms with Crippen molar-refractivity contribution in [1.82, 2.24) is 15.1 Å². The minimum atomic E-state index is 0.518. The van der Waals surface area contributed by atoms with Gasteiger partial charge in [0.1, 0.15) is 29.0 Å². The smallest absolute Gasteiger partial charge is 0.175 e. The van der Waals surface area contributed by atoms with Crippen molar-refractivity contribution < 1.29 is 9.26 Å². The number of methoxy groups -OCH3 is 1. The molecule has 0 bridgehead atoms. The lowest BCUT2D eigenvalue weighted by Gasteiger charge is -2.10. The van der Waals surface area contributed by atoms with Gasteiger partial charge >= 0.3 is 0 Å². The van der Waals surface area contributed by atoms with E-state index in [2.05, 4.69) is 25.8 Å². The van der Waals surface area contributed by atoms with Gasteiger partial charge in [0.25, 0.3) is 0 Å². The van der Waals surface area contributed by atoms with Crippen molar-refractivity contribution in [2.45, 2.75) is 13.8 Å². The maximum Gasteiger partial charge on any atom is 0.175 e. The second-order valence-electron chi connectivity index (χ2n) is 5.11. The number of halogens is 1. The second-order valence-corrected chi connectivity index (χ2v) is 5.51.